The number of carbonyl (C=O) groups is 4. The highest BCUT2D eigenvalue weighted by Gasteiger charge is 2.53. The molecule has 3 saturated heterocycles. The number of likely N-dealkylation sites (N-methyl/N-ethyl adjacent to an activating group) is 1. The molecule has 4 amide bonds. The molecule has 2 aromatic heterocycles. The lowest BCUT2D eigenvalue weighted by Crippen LogP contribution is -2.66. The molecule has 31 nitrogen and oxygen atoms in total. The smallest absolute Gasteiger partial charge is 0.251 e. The Balaban J connectivity index is 0.797. The van der Waals surface area contributed by atoms with Crippen LogP contribution in [0.3, 0.4) is 0 Å². The van der Waals surface area contributed by atoms with Crippen LogP contribution in [0.5, 0.6) is 0 Å². The van der Waals surface area contributed by atoms with Crippen molar-refractivity contribution < 1.29 is 112 Å². The number of carbonyl (C=O) groups excluding carboxylic acids is 4. The molecule has 2 aromatic carbocycles. The number of ether oxygens (including phenoxy) is 8. The van der Waals surface area contributed by atoms with Crippen LogP contribution in [0.15, 0.2) is 60.9 Å². The van der Waals surface area contributed by atoms with Crippen LogP contribution in [0.2, 0.25) is 0 Å². The summed E-state index contributed by atoms with van der Waals surface area (Å²) in [5, 5.41) is 126. The number of nitrogens with zero attached hydrogens (tertiary/aromatic N) is 7. The SMILES string of the molecule is CCC1CC(C(=O)NCCOCCNC(=O)C2CC(n3cc(-c4cccc(F)c4)nn3)C(O)[C@H](O[C@@H]3OC(CO)[C@H](O)C(n4cc(-c5cccc(F)c5)nn4)C3O)C2)C(CO[C@@H]2OC(CO)[C@H](O)C(O[C@@H](CC3CCCCC3)C(=O)N(C)C)C2NC(C)=O)CC1O[C@@H]1OC(C)[C@@H](O)C(O)C1O. The van der Waals surface area contributed by atoms with Gasteiger partial charge in [0.2, 0.25) is 17.7 Å². The summed E-state index contributed by atoms with van der Waals surface area (Å²) >= 11 is 0. The van der Waals surface area contributed by atoms with Crippen molar-refractivity contribution in [3.05, 3.63) is 72.6 Å². The molecule has 101 heavy (non-hydrogen) atoms. The number of aromatic nitrogens is 6. The largest absolute Gasteiger partial charge is 0.394 e. The second-order valence-electron chi connectivity index (χ2n) is 27.7. The van der Waals surface area contributed by atoms with E-state index in [1.165, 1.54) is 72.2 Å². The van der Waals surface area contributed by atoms with Crippen molar-refractivity contribution in [2.75, 3.05) is 60.2 Å². The molecule has 3 saturated carbocycles. The predicted molar refractivity (Wildman–Crippen MR) is 348 cm³/mol. The Labute approximate surface area is 583 Å². The van der Waals surface area contributed by atoms with Crippen LogP contribution in [0.1, 0.15) is 103 Å². The Hall–Kier alpha value is -6.22. The van der Waals surface area contributed by atoms with Crippen LogP contribution >= 0.6 is 0 Å². The first-order chi connectivity index (χ1) is 48.4. The van der Waals surface area contributed by atoms with Crippen LogP contribution in [-0.2, 0) is 57.1 Å². The van der Waals surface area contributed by atoms with Crippen molar-refractivity contribution in [1.82, 2.24) is 50.8 Å². The highest BCUT2D eigenvalue weighted by Crippen LogP contribution is 2.43. The minimum Gasteiger partial charge on any atom is -0.394 e. The zero-order valence-electron chi connectivity index (χ0n) is 57.2. The maximum absolute atomic E-state index is 14.6. The van der Waals surface area contributed by atoms with Crippen molar-refractivity contribution in [2.24, 2.45) is 29.6 Å². The average Bonchev–Trinajstić information content (AvgIpc) is 1.77. The van der Waals surface area contributed by atoms with Crippen molar-refractivity contribution in [2.45, 2.75) is 214 Å². The molecule has 3 aliphatic carbocycles. The summed E-state index contributed by atoms with van der Waals surface area (Å²) < 4.78 is 80.8. The predicted octanol–water partition coefficient (Wildman–Crippen LogP) is -0.215. The molecule has 5 heterocycles. The summed E-state index contributed by atoms with van der Waals surface area (Å²) in [4.78, 5) is 57.0. The lowest BCUT2D eigenvalue weighted by atomic mass is 9.71. The first-order valence-electron chi connectivity index (χ1n) is 34.9. The summed E-state index contributed by atoms with van der Waals surface area (Å²) in [5.74, 6) is -5.39. The standard InChI is InChI=1S/C68H98F2N10O21/c1-6-37-25-44(41(28-48(37)98-68-61(90)60(89)55(84)34(2)96-68)33-95-66-53(73-35(3)83)62(58(87)52(32-82)100-66)97-50(65(93)78(4)5)22-36-12-8-7-9-13-36)64(92)72-19-21-94-20-18-71-63(91)40-26-47(79-29-45(74-76-79)38-14-10-16-42(69)23-38)56(85)49(27-40)99-67-59(88)54(57(86)51(31-81)101-67)80-30-46(75-77-80)39-15-11-17-43(70)24-39/h10-11,14-17,23-24,29-30,34,36-37,40-41,44,47-62,66-68,81-82,84-90H,6-9,12-13,18-22,25-28,31-33H2,1-5H3,(H,71,91)(H,72,92)(H,73,83)/t34?,37?,40?,41?,44?,47?,48?,49-,50+,51?,52?,53?,54?,55-,56?,57+,58+,59?,60?,61?,62?,66-,67-,68+/m1/s1. The second-order valence-corrected chi connectivity index (χ2v) is 27.7. The van der Waals surface area contributed by atoms with E-state index >= 15 is 0 Å². The molecule has 10 rings (SSSR count). The van der Waals surface area contributed by atoms with Crippen LogP contribution in [-0.4, -0.2) is 275 Å². The Morgan fingerprint density at radius 3 is 1.91 bits per heavy atom. The number of hydrogen-bond acceptors (Lipinski definition) is 25. The number of halogens is 2. The molecule has 12 N–H and O–H groups in total. The van der Waals surface area contributed by atoms with Crippen LogP contribution in [0.4, 0.5) is 8.78 Å². The zero-order valence-corrected chi connectivity index (χ0v) is 57.2. The maximum Gasteiger partial charge on any atom is 0.251 e. The summed E-state index contributed by atoms with van der Waals surface area (Å²) in [5.41, 5.74) is 1.20. The normalized spacial score (nSPS) is 34.4. The van der Waals surface area contributed by atoms with E-state index in [2.05, 4.69) is 36.6 Å². The Kier molecular flexibility index (Phi) is 27.2. The van der Waals surface area contributed by atoms with Gasteiger partial charge in [-0.05, 0) is 81.0 Å². The fourth-order valence-corrected chi connectivity index (χ4v) is 14.9. The van der Waals surface area contributed by atoms with Gasteiger partial charge in [0, 0.05) is 57.1 Å². The molecule has 0 radical (unpaired) electrons. The lowest BCUT2D eigenvalue weighted by Gasteiger charge is -2.47. The molecule has 0 spiro atoms. The summed E-state index contributed by atoms with van der Waals surface area (Å²) in [7, 11) is 3.19. The number of aliphatic hydroxyl groups is 9. The number of rotatable bonds is 28. The van der Waals surface area contributed by atoms with Gasteiger partial charge in [-0.25, -0.2) is 18.1 Å². The maximum atomic E-state index is 14.6. The zero-order chi connectivity index (χ0) is 72.3. The van der Waals surface area contributed by atoms with E-state index in [9.17, 15) is 73.9 Å². The van der Waals surface area contributed by atoms with Crippen LogP contribution in [0, 0.1) is 41.2 Å². The van der Waals surface area contributed by atoms with Crippen molar-refractivity contribution in [1.29, 1.82) is 0 Å². The molecule has 3 aliphatic heterocycles. The van der Waals surface area contributed by atoms with Crippen molar-refractivity contribution >= 4 is 23.6 Å². The first kappa shape index (κ1) is 77.4. The summed E-state index contributed by atoms with van der Waals surface area (Å²) in [6.45, 7) is 2.93. The third-order valence-corrected chi connectivity index (χ3v) is 20.5. The fourth-order valence-electron chi connectivity index (χ4n) is 14.9. The molecule has 24 atom stereocenters. The fraction of sp³-hybridized carbons (Fsp3) is 0.706. The van der Waals surface area contributed by atoms with Gasteiger partial charge >= 0.3 is 0 Å². The van der Waals surface area contributed by atoms with Gasteiger partial charge in [0.1, 0.15) is 102 Å². The summed E-state index contributed by atoms with van der Waals surface area (Å²) in [6.07, 6.45) is -14.5. The highest BCUT2D eigenvalue weighted by molar-refractivity contribution is 5.81. The van der Waals surface area contributed by atoms with Gasteiger partial charge in [-0.15, -0.1) is 10.2 Å². The van der Waals surface area contributed by atoms with Crippen molar-refractivity contribution in [3.63, 3.8) is 0 Å². The number of nitrogens with one attached hydrogen (secondary N) is 3. The average molecular weight is 1430 g/mol. The van der Waals surface area contributed by atoms with Gasteiger partial charge in [0.05, 0.1) is 69.8 Å². The van der Waals surface area contributed by atoms with E-state index in [-0.39, 0.29) is 87.7 Å². The van der Waals surface area contributed by atoms with E-state index in [1.54, 1.807) is 26.2 Å². The van der Waals surface area contributed by atoms with Crippen LogP contribution < -0.4 is 16.0 Å². The van der Waals surface area contributed by atoms with E-state index in [0.717, 1.165) is 36.8 Å². The lowest BCUT2D eigenvalue weighted by molar-refractivity contribution is -0.313. The number of aliphatic hydroxyl groups excluding tert-OH is 9. The van der Waals surface area contributed by atoms with E-state index in [0.29, 0.717) is 24.0 Å². The third-order valence-electron chi connectivity index (χ3n) is 20.5. The number of amides is 4. The molecule has 560 valence electrons. The third kappa shape index (κ3) is 18.8. The van der Waals surface area contributed by atoms with Gasteiger partial charge in [-0.3, -0.25) is 19.2 Å². The topological polar surface area (TPSA) is 425 Å². The van der Waals surface area contributed by atoms with Gasteiger partial charge in [0.15, 0.2) is 18.9 Å². The molecule has 6 fully saturated rings. The molecule has 4 aromatic rings. The van der Waals surface area contributed by atoms with E-state index in [4.69, 9.17) is 37.9 Å². The van der Waals surface area contributed by atoms with Crippen LogP contribution in [0.25, 0.3) is 22.5 Å². The minimum absolute atomic E-state index is 0.00116. The molecule has 0 bridgehead atoms. The summed E-state index contributed by atoms with van der Waals surface area (Å²) in [6, 6.07) is 7.59. The molecular formula is C68H98F2N10O21. The monoisotopic (exact) mass is 1430 g/mol. The minimum atomic E-state index is -1.73. The molecular weight excluding hydrogens is 1330 g/mol. The van der Waals surface area contributed by atoms with E-state index < -0.39 is 183 Å². The molecule has 16 unspecified atom stereocenters. The quantitative estimate of drug-likeness (QED) is 0.0327. The van der Waals surface area contributed by atoms with Gasteiger partial charge in [-0.2, -0.15) is 0 Å². The number of benzene rings is 2. The first-order valence-corrected chi connectivity index (χ1v) is 34.9. The Morgan fingerprint density at radius 2 is 1.29 bits per heavy atom. The van der Waals surface area contributed by atoms with Crippen molar-refractivity contribution in [3.8, 4) is 22.5 Å². The molecule has 6 aliphatic rings. The Bertz CT molecular complexity index is 3340. The Morgan fingerprint density at radius 1 is 0.683 bits per heavy atom. The van der Waals surface area contributed by atoms with Gasteiger partial charge in [0.25, 0.3) is 5.91 Å². The molecule has 33 heteroatoms. The highest BCUT2D eigenvalue weighted by atomic mass is 19.1. The number of hydrogen-bond donors (Lipinski definition) is 12. The van der Waals surface area contributed by atoms with Gasteiger partial charge < -0.3 is 105 Å². The second kappa shape index (κ2) is 35.5. The van der Waals surface area contributed by atoms with Gasteiger partial charge in [-0.1, -0.05) is 80.1 Å². The van der Waals surface area contributed by atoms with E-state index in [1.807, 2.05) is 6.92 Å².